The molecule has 0 radical (unpaired) electrons. The van der Waals surface area contributed by atoms with E-state index < -0.39 is 56.3 Å². The zero-order chi connectivity index (χ0) is 23.4. The Kier molecular flexibility index (Phi) is 13.3. The molecule has 30 heavy (non-hydrogen) atoms. The average molecular weight is 480 g/mol. The number of nitrogens with one attached hydrogen (secondary N) is 1. The third-order valence-corrected chi connectivity index (χ3v) is 5.54. The molecule has 0 aliphatic rings. The molecule has 0 saturated carbocycles. The lowest BCUT2D eigenvalue weighted by Crippen LogP contribution is -2.43. The van der Waals surface area contributed by atoms with E-state index in [1.807, 2.05) is 0 Å². The molecule has 0 unspecified atom stereocenters. The fourth-order valence-corrected chi connectivity index (χ4v) is 3.13. The van der Waals surface area contributed by atoms with Crippen LogP contribution in [0.2, 0.25) is 0 Å². The van der Waals surface area contributed by atoms with Gasteiger partial charge in [-0.3, -0.25) is 18.9 Å². The fourth-order valence-electron chi connectivity index (χ4n) is 1.78. The van der Waals surface area contributed by atoms with Crippen LogP contribution in [-0.4, -0.2) is 83.3 Å². The van der Waals surface area contributed by atoms with Crippen LogP contribution in [0.5, 0.6) is 0 Å². The first-order valence-corrected chi connectivity index (χ1v) is 11.5. The van der Waals surface area contributed by atoms with Gasteiger partial charge in [-0.05, 0) is 0 Å². The average Bonchev–Trinajstić information content (AvgIpc) is 2.60. The number of amides is 1. The van der Waals surface area contributed by atoms with Gasteiger partial charge in [0.1, 0.15) is 12.7 Å². The van der Waals surface area contributed by atoms with Gasteiger partial charge in [0, 0.05) is 38.3 Å². The van der Waals surface area contributed by atoms with Crippen molar-refractivity contribution in [1.82, 2.24) is 5.32 Å². The second-order valence-electron chi connectivity index (χ2n) is 6.04. The molecular formula is C15H27F2N2O9PS. The molecule has 0 aromatic carbocycles. The predicted octanol–water partition coefficient (Wildman–Crippen LogP) is -0.165. The lowest BCUT2D eigenvalue weighted by molar-refractivity contribution is -0.154. The third kappa shape index (κ3) is 13.1. The topological polar surface area (TPSA) is 174 Å². The normalized spacial score (nSPS) is 14.0. The highest BCUT2D eigenvalue weighted by molar-refractivity contribution is 7.99. The second-order valence-corrected chi connectivity index (χ2v) is 8.86. The van der Waals surface area contributed by atoms with Crippen molar-refractivity contribution in [3.63, 3.8) is 0 Å². The molecule has 0 rings (SSSR count). The summed E-state index contributed by atoms with van der Waals surface area (Å²) in [5.74, 6) is -1.20. The highest BCUT2D eigenvalue weighted by Crippen LogP contribution is 2.54. The van der Waals surface area contributed by atoms with Crippen LogP contribution in [0.4, 0.5) is 8.78 Å². The molecule has 15 heteroatoms. The number of rotatable bonds is 15. The van der Waals surface area contributed by atoms with Crippen molar-refractivity contribution in [3.05, 3.63) is 0 Å². The van der Waals surface area contributed by atoms with E-state index in [-0.39, 0.29) is 31.3 Å². The summed E-state index contributed by atoms with van der Waals surface area (Å²) in [5, 5.41) is 2.42. The fraction of sp³-hybridized carbons (Fsp3) is 0.800. The number of alkyl halides is 2. The second kappa shape index (κ2) is 13.9. The molecule has 176 valence electrons. The van der Waals surface area contributed by atoms with Crippen LogP contribution in [-0.2, 0) is 33.2 Å². The van der Waals surface area contributed by atoms with Gasteiger partial charge in [0.25, 0.3) is 0 Å². The maximum Gasteiger partial charge on any atom is 0.394 e. The Morgan fingerprint density at radius 2 is 1.80 bits per heavy atom. The van der Waals surface area contributed by atoms with Crippen LogP contribution in [0, 0.1) is 0 Å². The van der Waals surface area contributed by atoms with E-state index in [2.05, 4.69) is 5.32 Å². The summed E-state index contributed by atoms with van der Waals surface area (Å²) in [6, 6.07) is -0.916. The molecule has 0 aliphatic heterocycles. The summed E-state index contributed by atoms with van der Waals surface area (Å²) >= 11 is 1.20. The Balaban J connectivity index is 4.06. The van der Waals surface area contributed by atoms with Crippen molar-refractivity contribution < 1.29 is 51.7 Å². The zero-order valence-corrected chi connectivity index (χ0v) is 18.3. The van der Waals surface area contributed by atoms with Gasteiger partial charge in [-0.1, -0.05) is 0 Å². The number of halogens is 2. The number of ether oxygens (including phenoxy) is 3. The van der Waals surface area contributed by atoms with Crippen molar-refractivity contribution in [2.75, 3.05) is 37.9 Å². The van der Waals surface area contributed by atoms with Gasteiger partial charge >= 0.3 is 25.2 Å². The SMILES string of the molecule is CC(=O)OC[C@H](CSC[C@H](N)C(=O)NCCOCCC(F)(F)P(=O)(O)O)OC(C)=O. The highest BCUT2D eigenvalue weighted by Gasteiger charge is 2.47. The monoisotopic (exact) mass is 480 g/mol. The van der Waals surface area contributed by atoms with E-state index >= 15 is 0 Å². The summed E-state index contributed by atoms with van der Waals surface area (Å²) in [6.07, 6.45) is -1.84. The van der Waals surface area contributed by atoms with Crippen molar-refractivity contribution in [2.45, 2.75) is 38.1 Å². The number of thioether (sulfide) groups is 1. The van der Waals surface area contributed by atoms with Crippen LogP contribution in [0.15, 0.2) is 0 Å². The Bertz CT molecular complexity index is 621. The Morgan fingerprint density at radius 1 is 1.17 bits per heavy atom. The first-order valence-electron chi connectivity index (χ1n) is 8.69. The standard InChI is InChI=1S/C15H27F2N2O9PS/c1-10(20)27-7-12(28-11(2)21)8-30-9-13(18)14(22)19-4-6-26-5-3-15(16,17)29(23,24)25/h12-13H,3-9,18H2,1-2H3,(H,19,22)(H2,23,24,25)/t12-,13+/m1/s1. The summed E-state index contributed by atoms with van der Waals surface area (Å²) in [6.45, 7) is 1.50. The number of carbonyl (C=O) groups is 3. The molecule has 0 aromatic rings. The van der Waals surface area contributed by atoms with Crippen LogP contribution in [0.25, 0.3) is 0 Å². The number of esters is 2. The van der Waals surface area contributed by atoms with Gasteiger partial charge < -0.3 is 35.0 Å². The van der Waals surface area contributed by atoms with E-state index in [1.165, 1.54) is 25.6 Å². The Labute approximate surface area is 176 Å². The molecule has 11 nitrogen and oxygen atoms in total. The van der Waals surface area contributed by atoms with Crippen LogP contribution in [0.3, 0.4) is 0 Å². The van der Waals surface area contributed by atoms with Crippen molar-refractivity contribution in [1.29, 1.82) is 0 Å². The maximum absolute atomic E-state index is 13.0. The van der Waals surface area contributed by atoms with Gasteiger partial charge in [0.2, 0.25) is 5.91 Å². The molecule has 0 heterocycles. The molecule has 0 aliphatic carbocycles. The van der Waals surface area contributed by atoms with Crippen LogP contribution in [0.1, 0.15) is 20.3 Å². The first-order chi connectivity index (χ1) is 13.8. The van der Waals surface area contributed by atoms with E-state index in [9.17, 15) is 27.7 Å². The predicted molar refractivity (Wildman–Crippen MR) is 103 cm³/mol. The van der Waals surface area contributed by atoms with E-state index in [0.29, 0.717) is 0 Å². The van der Waals surface area contributed by atoms with Gasteiger partial charge in [0.15, 0.2) is 0 Å². The Hall–Kier alpha value is -1.31. The van der Waals surface area contributed by atoms with Crippen LogP contribution >= 0.6 is 19.4 Å². The number of hydrogen-bond donors (Lipinski definition) is 4. The van der Waals surface area contributed by atoms with Crippen molar-refractivity contribution in [2.24, 2.45) is 5.73 Å². The van der Waals surface area contributed by atoms with Gasteiger partial charge in [-0.2, -0.15) is 20.5 Å². The molecular weight excluding hydrogens is 453 g/mol. The smallest absolute Gasteiger partial charge is 0.394 e. The third-order valence-electron chi connectivity index (χ3n) is 3.26. The van der Waals surface area contributed by atoms with Gasteiger partial charge in [0.05, 0.1) is 19.3 Å². The lowest BCUT2D eigenvalue weighted by atomic mass is 10.3. The molecule has 0 saturated heterocycles. The first kappa shape index (κ1) is 28.7. The molecule has 0 aromatic heterocycles. The minimum Gasteiger partial charge on any atom is -0.462 e. The van der Waals surface area contributed by atoms with Gasteiger partial charge in [-0.25, -0.2) is 0 Å². The largest absolute Gasteiger partial charge is 0.462 e. The minimum absolute atomic E-state index is 0.0405. The molecule has 2 atom stereocenters. The molecule has 1 amide bonds. The molecule has 0 spiro atoms. The van der Waals surface area contributed by atoms with E-state index in [0.717, 1.165) is 0 Å². The summed E-state index contributed by atoms with van der Waals surface area (Å²) in [4.78, 5) is 50.7. The zero-order valence-electron chi connectivity index (χ0n) is 16.5. The quantitative estimate of drug-likeness (QED) is 0.139. The number of carbonyl (C=O) groups excluding carboxylic acids is 3. The van der Waals surface area contributed by atoms with Crippen molar-refractivity contribution in [3.8, 4) is 0 Å². The molecule has 5 N–H and O–H groups in total. The van der Waals surface area contributed by atoms with Crippen LogP contribution < -0.4 is 11.1 Å². The Morgan fingerprint density at radius 3 is 2.33 bits per heavy atom. The summed E-state index contributed by atoms with van der Waals surface area (Å²) in [5.41, 5.74) is 1.55. The molecule has 0 fully saturated rings. The summed E-state index contributed by atoms with van der Waals surface area (Å²) < 4.78 is 51.2. The van der Waals surface area contributed by atoms with E-state index in [1.54, 1.807) is 0 Å². The lowest BCUT2D eigenvalue weighted by Gasteiger charge is -2.18. The van der Waals surface area contributed by atoms with E-state index in [4.69, 9.17) is 29.7 Å². The highest BCUT2D eigenvalue weighted by atomic mass is 32.2. The number of nitrogens with two attached hydrogens (primary N) is 1. The summed E-state index contributed by atoms with van der Waals surface area (Å²) in [7, 11) is -5.54. The van der Waals surface area contributed by atoms with Gasteiger partial charge in [-0.15, -0.1) is 0 Å². The maximum atomic E-state index is 13.0. The minimum atomic E-state index is -5.54. The van der Waals surface area contributed by atoms with Crippen molar-refractivity contribution >= 4 is 37.2 Å². The number of hydrogen-bond acceptors (Lipinski definition) is 9. The molecule has 0 bridgehead atoms.